The number of nitrogens with zero attached hydrogens (tertiary/aromatic N) is 5. The Bertz CT molecular complexity index is 1770. The minimum Gasteiger partial charge on any atom is -0.325 e. The minimum atomic E-state index is -0.126. The number of hydrogen-bond donors (Lipinski definition) is 1. The van der Waals surface area contributed by atoms with E-state index in [9.17, 15) is 4.79 Å². The summed E-state index contributed by atoms with van der Waals surface area (Å²) in [7, 11) is 0. The Morgan fingerprint density at radius 2 is 1.72 bits per heavy atom. The highest BCUT2D eigenvalue weighted by molar-refractivity contribution is 9.10. The minimum absolute atomic E-state index is 0.126. The van der Waals surface area contributed by atoms with Crippen LogP contribution >= 0.6 is 39.0 Å². The zero-order valence-electron chi connectivity index (χ0n) is 20.7. The molecule has 0 aliphatic carbocycles. The molecular weight excluding hydrogens is 592 g/mol. The van der Waals surface area contributed by atoms with Gasteiger partial charge in [0, 0.05) is 39.4 Å². The normalized spacial score (nSPS) is 11.1. The molecule has 0 unspecified atom stereocenters. The van der Waals surface area contributed by atoms with Crippen molar-refractivity contribution in [1.82, 2.24) is 24.7 Å². The highest BCUT2D eigenvalue weighted by Gasteiger charge is 2.17. The maximum absolute atomic E-state index is 12.8. The first-order valence-electron chi connectivity index (χ1n) is 12.1. The first kappa shape index (κ1) is 25.4. The Morgan fingerprint density at radius 3 is 2.49 bits per heavy atom. The molecular formula is C29H21BrN6OS2. The zero-order chi connectivity index (χ0) is 26.8. The summed E-state index contributed by atoms with van der Waals surface area (Å²) >= 11 is 6.49. The van der Waals surface area contributed by atoms with Crippen LogP contribution in [0.15, 0.2) is 101 Å². The van der Waals surface area contributed by atoms with Crippen molar-refractivity contribution in [2.24, 2.45) is 0 Å². The Kier molecular flexibility index (Phi) is 7.23. The van der Waals surface area contributed by atoms with Gasteiger partial charge >= 0.3 is 0 Å². The number of pyridine rings is 1. The second-order valence-electron chi connectivity index (χ2n) is 8.76. The maximum Gasteiger partial charge on any atom is 0.234 e. The van der Waals surface area contributed by atoms with Gasteiger partial charge in [-0.15, -0.1) is 21.5 Å². The Hall–Kier alpha value is -3.86. The topological polar surface area (TPSA) is 85.6 Å². The Morgan fingerprint density at radius 1 is 0.949 bits per heavy atom. The van der Waals surface area contributed by atoms with Gasteiger partial charge < -0.3 is 5.32 Å². The predicted molar refractivity (Wildman–Crippen MR) is 161 cm³/mol. The quantitative estimate of drug-likeness (QED) is 0.189. The SMILES string of the molecule is Cc1ccc2nc(-c3ccc(NC(=O)CSc4nnc(-c5ccncc5)n4-c4ccc(Br)cc4)cc3)sc2c1. The molecule has 1 N–H and O–H groups in total. The number of rotatable bonds is 7. The van der Waals surface area contributed by atoms with Crippen LogP contribution in [0.1, 0.15) is 5.56 Å². The molecule has 10 heteroatoms. The molecule has 6 aromatic rings. The summed E-state index contributed by atoms with van der Waals surface area (Å²) in [6.07, 6.45) is 3.44. The molecule has 0 fully saturated rings. The van der Waals surface area contributed by atoms with Gasteiger partial charge in [-0.1, -0.05) is 33.8 Å². The summed E-state index contributed by atoms with van der Waals surface area (Å²) in [5.74, 6) is 0.742. The Labute approximate surface area is 241 Å². The number of amides is 1. The van der Waals surface area contributed by atoms with Gasteiger partial charge in [-0.05, 0) is 85.3 Å². The fourth-order valence-electron chi connectivity index (χ4n) is 4.05. The van der Waals surface area contributed by atoms with Crippen LogP contribution in [0.5, 0.6) is 0 Å². The molecule has 0 aliphatic heterocycles. The van der Waals surface area contributed by atoms with E-state index in [1.54, 1.807) is 23.7 Å². The van der Waals surface area contributed by atoms with Crippen molar-refractivity contribution in [3.8, 4) is 27.6 Å². The summed E-state index contributed by atoms with van der Waals surface area (Å²) in [5.41, 5.74) is 5.76. The van der Waals surface area contributed by atoms with Crippen molar-refractivity contribution in [1.29, 1.82) is 0 Å². The first-order valence-corrected chi connectivity index (χ1v) is 14.6. The van der Waals surface area contributed by atoms with E-state index in [1.807, 2.05) is 65.2 Å². The number of benzene rings is 3. The van der Waals surface area contributed by atoms with Crippen molar-refractivity contribution in [3.63, 3.8) is 0 Å². The molecule has 1 amide bonds. The smallest absolute Gasteiger partial charge is 0.234 e. The number of aromatic nitrogens is 5. The van der Waals surface area contributed by atoms with Gasteiger partial charge in [0.1, 0.15) is 5.01 Å². The van der Waals surface area contributed by atoms with Gasteiger partial charge in [0.05, 0.1) is 16.0 Å². The third-order valence-corrected chi connectivity index (χ3v) is 8.47. The largest absolute Gasteiger partial charge is 0.325 e. The standard InChI is InChI=1S/C29H21BrN6OS2/c1-18-2-11-24-25(16-18)39-28(33-24)20-3-7-22(8-4-20)32-26(37)17-38-29-35-34-27(19-12-14-31-15-13-19)36(29)23-9-5-21(30)6-10-23/h2-16H,17H2,1H3,(H,32,37). The average molecular weight is 614 g/mol. The molecule has 0 aliphatic rings. The van der Waals surface area contributed by atoms with Gasteiger partial charge in [-0.25, -0.2) is 4.98 Å². The van der Waals surface area contributed by atoms with E-state index < -0.39 is 0 Å². The number of carbonyl (C=O) groups is 1. The first-order chi connectivity index (χ1) is 19.0. The third kappa shape index (κ3) is 5.63. The fourth-order valence-corrected chi connectivity index (χ4v) is 6.14. The van der Waals surface area contributed by atoms with Crippen molar-refractivity contribution in [2.45, 2.75) is 12.1 Å². The molecule has 7 nitrogen and oxygen atoms in total. The highest BCUT2D eigenvalue weighted by atomic mass is 79.9. The number of thiazole rings is 1. The van der Waals surface area contributed by atoms with Crippen molar-refractivity contribution in [2.75, 3.05) is 11.1 Å². The lowest BCUT2D eigenvalue weighted by Crippen LogP contribution is -2.14. The summed E-state index contributed by atoms with van der Waals surface area (Å²) < 4.78 is 4.10. The van der Waals surface area contributed by atoms with Crippen LogP contribution in [0.3, 0.4) is 0 Å². The molecule has 3 heterocycles. The summed E-state index contributed by atoms with van der Waals surface area (Å²) in [5, 5.41) is 13.4. The van der Waals surface area contributed by atoms with Crippen LogP contribution in [0.2, 0.25) is 0 Å². The molecule has 3 aromatic heterocycles. The predicted octanol–water partition coefficient (Wildman–Crippen LogP) is 7.41. The van der Waals surface area contributed by atoms with Crippen LogP contribution in [0.4, 0.5) is 5.69 Å². The third-order valence-electron chi connectivity index (χ3n) is 5.95. The van der Waals surface area contributed by atoms with Crippen molar-refractivity contribution >= 4 is 60.8 Å². The number of carbonyl (C=O) groups excluding carboxylic acids is 1. The highest BCUT2D eigenvalue weighted by Crippen LogP contribution is 2.32. The van der Waals surface area contributed by atoms with Crippen LogP contribution < -0.4 is 5.32 Å². The molecule has 3 aromatic carbocycles. The summed E-state index contributed by atoms with van der Waals surface area (Å²) in [6, 6.07) is 25.7. The lowest BCUT2D eigenvalue weighted by Gasteiger charge is -2.11. The van der Waals surface area contributed by atoms with Crippen LogP contribution in [-0.4, -0.2) is 36.4 Å². The number of aryl methyl sites for hydroxylation is 1. The molecule has 0 spiro atoms. The Balaban J connectivity index is 1.16. The number of anilines is 1. The van der Waals surface area contributed by atoms with Gasteiger partial charge in [0.25, 0.3) is 0 Å². The number of halogens is 1. The number of nitrogens with one attached hydrogen (secondary N) is 1. The van der Waals surface area contributed by atoms with Crippen molar-refractivity contribution < 1.29 is 4.79 Å². The van der Waals surface area contributed by atoms with Gasteiger partial charge in [-0.3, -0.25) is 14.3 Å². The molecule has 0 saturated carbocycles. The lowest BCUT2D eigenvalue weighted by molar-refractivity contribution is -0.113. The molecule has 6 rings (SSSR count). The van der Waals surface area contributed by atoms with Gasteiger partial charge in [0.15, 0.2) is 11.0 Å². The molecule has 0 radical (unpaired) electrons. The number of thioether (sulfide) groups is 1. The molecule has 39 heavy (non-hydrogen) atoms. The maximum atomic E-state index is 12.8. The van der Waals surface area contributed by atoms with Gasteiger partial charge in [0.2, 0.25) is 5.91 Å². The van der Waals surface area contributed by atoms with Gasteiger partial charge in [-0.2, -0.15) is 0 Å². The van der Waals surface area contributed by atoms with E-state index in [1.165, 1.54) is 22.0 Å². The lowest BCUT2D eigenvalue weighted by atomic mass is 10.2. The van der Waals surface area contributed by atoms with Crippen molar-refractivity contribution in [3.05, 3.63) is 101 Å². The second-order valence-corrected chi connectivity index (χ2v) is 11.6. The molecule has 0 bridgehead atoms. The number of hydrogen-bond acceptors (Lipinski definition) is 7. The number of fused-ring (bicyclic) bond motifs is 1. The second kappa shape index (κ2) is 11.1. The summed E-state index contributed by atoms with van der Waals surface area (Å²) in [4.78, 5) is 21.7. The molecule has 0 atom stereocenters. The fraction of sp³-hybridized carbons (Fsp3) is 0.0690. The molecule has 192 valence electrons. The van der Waals surface area contributed by atoms with E-state index in [-0.39, 0.29) is 11.7 Å². The monoisotopic (exact) mass is 612 g/mol. The van der Waals surface area contributed by atoms with E-state index in [0.29, 0.717) is 11.0 Å². The van der Waals surface area contributed by atoms with E-state index in [4.69, 9.17) is 4.98 Å². The van der Waals surface area contributed by atoms with E-state index >= 15 is 0 Å². The van der Waals surface area contributed by atoms with E-state index in [2.05, 4.69) is 61.6 Å². The van der Waals surface area contributed by atoms with Crippen LogP contribution in [0.25, 0.3) is 37.9 Å². The average Bonchev–Trinajstić information content (AvgIpc) is 3.57. The molecule has 0 saturated heterocycles. The zero-order valence-corrected chi connectivity index (χ0v) is 23.9. The van der Waals surface area contributed by atoms with E-state index in [0.717, 1.165) is 37.5 Å². The van der Waals surface area contributed by atoms with Crippen LogP contribution in [-0.2, 0) is 4.79 Å². The summed E-state index contributed by atoms with van der Waals surface area (Å²) in [6.45, 7) is 2.08. The van der Waals surface area contributed by atoms with Crippen LogP contribution in [0, 0.1) is 6.92 Å².